The van der Waals surface area contributed by atoms with E-state index in [1.54, 1.807) is 18.5 Å². The Morgan fingerprint density at radius 1 is 1.09 bits per heavy atom. The summed E-state index contributed by atoms with van der Waals surface area (Å²) in [5, 5.41) is 13.5. The number of pyridine rings is 1. The molecule has 3 rings (SSSR count). The minimum absolute atomic E-state index is 0.0365. The molecule has 0 saturated carbocycles. The van der Waals surface area contributed by atoms with Gasteiger partial charge < -0.3 is 5.32 Å². The fourth-order valence-electron chi connectivity index (χ4n) is 2.00. The van der Waals surface area contributed by atoms with E-state index in [-0.39, 0.29) is 11.7 Å². The molecule has 3 aromatic rings. The lowest BCUT2D eigenvalue weighted by atomic mass is 10.1. The molecule has 0 spiro atoms. The predicted octanol–water partition coefficient (Wildman–Crippen LogP) is 2.71. The van der Waals surface area contributed by atoms with Crippen molar-refractivity contribution in [3.05, 3.63) is 48.0 Å². The van der Waals surface area contributed by atoms with Crippen molar-refractivity contribution in [3.63, 3.8) is 0 Å². The first kappa shape index (κ1) is 14.2. The number of halogens is 3. The van der Waals surface area contributed by atoms with Crippen molar-refractivity contribution in [2.75, 3.05) is 5.32 Å². The summed E-state index contributed by atoms with van der Waals surface area (Å²) < 4.78 is 39.1. The van der Waals surface area contributed by atoms with Gasteiger partial charge in [0.25, 0.3) is 5.82 Å². The van der Waals surface area contributed by atoms with Crippen molar-refractivity contribution in [3.8, 4) is 0 Å². The van der Waals surface area contributed by atoms with Crippen LogP contribution < -0.4 is 5.32 Å². The lowest BCUT2D eigenvalue weighted by Crippen LogP contribution is -2.14. The van der Waals surface area contributed by atoms with Crippen LogP contribution in [0, 0.1) is 0 Å². The van der Waals surface area contributed by atoms with Gasteiger partial charge in [0.2, 0.25) is 0 Å². The molecule has 114 valence electrons. The van der Waals surface area contributed by atoms with Crippen LogP contribution in [0.3, 0.4) is 0 Å². The summed E-state index contributed by atoms with van der Waals surface area (Å²) in [6.07, 6.45) is -1.32. The van der Waals surface area contributed by atoms with E-state index in [9.17, 15) is 13.2 Å². The normalized spacial score (nSPS) is 13.3. The summed E-state index contributed by atoms with van der Waals surface area (Å²) in [4.78, 5) is 3.92. The molecule has 0 saturated heterocycles. The van der Waals surface area contributed by atoms with Gasteiger partial charge in [-0.3, -0.25) is 4.98 Å². The number of nitrogens with one attached hydrogen (secondary N) is 1. The molecule has 0 aliphatic rings. The number of aromatic nitrogens is 5. The van der Waals surface area contributed by atoms with Crippen molar-refractivity contribution in [2.24, 2.45) is 0 Å². The van der Waals surface area contributed by atoms with Crippen LogP contribution >= 0.6 is 0 Å². The van der Waals surface area contributed by atoms with E-state index in [0.717, 1.165) is 5.56 Å². The number of nitrogens with zero attached hydrogens (tertiary/aromatic N) is 5. The third-order valence-electron chi connectivity index (χ3n) is 3.09. The van der Waals surface area contributed by atoms with Gasteiger partial charge in [-0.05, 0) is 36.8 Å². The van der Waals surface area contributed by atoms with Crippen LogP contribution in [0.5, 0.6) is 0 Å². The summed E-state index contributed by atoms with van der Waals surface area (Å²) in [5.41, 5.74) is 0.978. The van der Waals surface area contributed by atoms with E-state index in [2.05, 4.69) is 25.6 Å². The number of alkyl halides is 3. The third kappa shape index (κ3) is 2.69. The Labute approximate surface area is 123 Å². The van der Waals surface area contributed by atoms with E-state index in [1.165, 1.54) is 6.07 Å². The Kier molecular flexibility index (Phi) is 3.39. The zero-order valence-corrected chi connectivity index (χ0v) is 11.4. The largest absolute Gasteiger partial charge is 0.453 e. The average molecular weight is 308 g/mol. The zero-order chi connectivity index (χ0) is 15.7. The summed E-state index contributed by atoms with van der Waals surface area (Å²) in [7, 11) is 0. The van der Waals surface area contributed by atoms with Crippen LogP contribution in [0.2, 0.25) is 0 Å². The molecule has 1 atom stereocenters. The molecule has 0 fully saturated rings. The second-order valence-corrected chi connectivity index (χ2v) is 4.66. The highest BCUT2D eigenvalue weighted by molar-refractivity contribution is 5.45. The van der Waals surface area contributed by atoms with Gasteiger partial charge in [0.05, 0.1) is 6.04 Å². The van der Waals surface area contributed by atoms with Gasteiger partial charge in [0.1, 0.15) is 5.82 Å². The first-order chi connectivity index (χ1) is 10.4. The number of hydrogen-bond donors (Lipinski definition) is 1. The molecule has 0 radical (unpaired) electrons. The van der Waals surface area contributed by atoms with E-state index in [1.807, 2.05) is 19.1 Å². The van der Waals surface area contributed by atoms with Crippen molar-refractivity contribution in [1.29, 1.82) is 0 Å². The molecule has 0 bridgehead atoms. The molecule has 6 nitrogen and oxygen atoms in total. The van der Waals surface area contributed by atoms with E-state index >= 15 is 0 Å². The highest BCUT2D eigenvalue weighted by atomic mass is 19.4. The van der Waals surface area contributed by atoms with Crippen LogP contribution in [0.25, 0.3) is 5.65 Å². The summed E-state index contributed by atoms with van der Waals surface area (Å²) in [6.45, 7) is 1.87. The monoisotopic (exact) mass is 308 g/mol. The molecule has 0 unspecified atom stereocenters. The van der Waals surface area contributed by atoms with Gasteiger partial charge in [-0.2, -0.15) is 17.7 Å². The Morgan fingerprint density at radius 3 is 2.50 bits per heavy atom. The number of rotatable bonds is 3. The second kappa shape index (κ2) is 5.24. The van der Waals surface area contributed by atoms with Crippen LogP contribution in [0.1, 0.15) is 24.4 Å². The molecule has 3 heterocycles. The molecule has 0 aromatic carbocycles. The summed E-state index contributed by atoms with van der Waals surface area (Å²) >= 11 is 0. The number of anilines is 1. The highest BCUT2D eigenvalue weighted by Gasteiger charge is 2.37. The molecule has 0 aliphatic carbocycles. The minimum atomic E-state index is -4.61. The van der Waals surface area contributed by atoms with Crippen molar-refractivity contribution >= 4 is 11.5 Å². The quantitative estimate of drug-likeness (QED) is 0.806. The predicted molar refractivity (Wildman–Crippen MR) is 72.1 cm³/mol. The fourth-order valence-corrected chi connectivity index (χ4v) is 2.00. The molecule has 9 heteroatoms. The Bertz CT molecular complexity index is 783. The molecule has 0 aliphatic heterocycles. The summed E-state index contributed by atoms with van der Waals surface area (Å²) in [5.74, 6) is -0.857. The van der Waals surface area contributed by atoms with Crippen LogP contribution in [-0.2, 0) is 6.18 Å². The lowest BCUT2D eigenvalue weighted by molar-refractivity contribution is -0.146. The van der Waals surface area contributed by atoms with Crippen molar-refractivity contribution < 1.29 is 13.2 Å². The van der Waals surface area contributed by atoms with Gasteiger partial charge in [0, 0.05) is 12.4 Å². The molecule has 0 amide bonds. The Hall–Kier alpha value is -2.71. The van der Waals surface area contributed by atoms with Crippen LogP contribution in [0.4, 0.5) is 19.0 Å². The Balaban J connectivity index is 1.92. The molecule has 22 heavy (non-hydrogen) atoms. The smallest absolute Gasteiger partial charge is 0.362 e. The maximum atomic E-state index is 12.8. The molecular weight excluding hydrogens is 297 g/mol. The Morgan fingerprint density at radius 2 is 1.82 bits per heavy atom. The van der Waals surface area contributed by atoms with Gasteiger partial charge in [-0.15, -0.1) is 15.3 Å². The fraction of sp³-hybridized carbons (Fsp3) is 0.231. The van der Waals surface area contributed by atoms with Crippen LogP contribution in [0.15, 0.2) is 36.7 Å². The maximum absolute atomic E-state index is 12.8. The SMILES string of the molecule is C[C@@H](Nc1ccc2nnc(C(F)(F)F)n2n1)c1ccncc1. The molecule has 1 N–H and O–H groups in total. The number of hydrogen-bond acceptors (Lipinski definition) is 5. The first-order valence-electron chi connectivity index (χ1n) is 6.41. The van der Waals surface area contributed by atoms with E-state index in [4.69, 9.17) is 0 Å². The van der Waals surface area contributed by atoms with Crippen molar-refractivity contribution in [2.45, 2.75) is 19.1 Å². The second-order valence-electron chi connectivity index (χ2n) is 4.66. The van der Waals surface area contributed by atoms with E-state index in [0.29, 0.717) is 10.3 Å². The molecular formula is C13H11F3N6. The van der Waals surface area contributed by atoms with Gasteiger partial charge in [0.15, 0.2) is 5.65 Å². The maximum Gasteiger partial charge on any atom is 0.453 e. The highest BCUT2D eigenvalue weighted by Crippen LogP contribution is 2.27. The first-order valence-corrected chi connectivity index (χ1v) is 6.41. The van der Waals surface area contributed by atoms with Crippen LogP contribution in [-0.4, -0.2) is 24.8 Å². The third-order valence-corrected chi connectivity index (χ3v) is 3.09. The van der Waals surface area contributed by atoms with Gasteiger partial charge in [-0.25, -0.2) is 0 Å². The van der Waals surface area contributed by atoms with E-state index < -0.39 is 12.0 Å². The zero-order valence-electron chi connectivity index (χ0n) is 11.4. The van der Waals surface area contributed by atoms with Gasteiger partial charge in [-0.1, -0.05) is 0 Å². The lowest BCUT2D eigenvalue weighted by Gasteiger charge is -2.14. The standard InChI is InChI=1S/C13H11F3N6/c1-8(9-4-6-17-7-5-9)18-10-2-3-11-19-20-12(13(14,15)16)22(11)21-10/h2-8H,1H3,(H,18,21)/t8-/m1/s1. The summed E-state index contributed by atoms with van der Waals surface area (Å²) in [6, 6.07) is 6.48. The van der Waals surface area contributed by atoms with Crippen molar-refractivity contribution in [1.82, 2.24) is 24.8 Å². The molecule has 3 aromatic heterocycles. The average Bonchev–Trinajstić information content (AvgIpc) is 2.91. The number of fused-ring (bicyclic) bond motifs is 1. The van der Waals surface area contributed by atoms with Gasteiger partial charge >= 0.3 is 6.18 Å². The minimum Gasteiger partial charge on any atom is -0.362 e. The topological polar surface area (TPSA) is 68.0 Å².